The molecule has 0 aliphatic heterocycles. The molecule has 4 nitrogen and oxygen atoms in total. The van der Waals surface area contributed by atoms with E-state index in [1.54, 1.807) is 30.3 Å². The van der Waals surface area contributed by atoms with Crippen LogP contribution in [0.3, 0.4) is 0 Å². The molecular formula is C19H22N2O2. The van der Waals surface area contributed by atoms with Crippen LogP contribution in [0.15, 0.2) is 72.4 Å². The Bertz CT molecular complexity index is 655. The second-order valence-electron chi connectivity index (χ2n) is 4.70. The molecule has 1 aromatic rings. The van der Waals surface area contributed by atoms with Crippen molar-refractivity contribution in [2.24, 2.45) is 0 Å². The molecule has 1 aromatic carbocycles. The fourth-order valence-corrected chi connectivity index (χ4v) is 2.03. The Morgan fingerprint density at radius 3 is 2.57 bits per heavy atom. The first-order valence-electron chi connectivity index (χ1n) is 7.36. The van der Waals surface area contributed by atoms with Crippen LogP contribution >= 0.6 is 0 Å². The summed E-state index contributed by atoms with van der Waals surface area (Å²) >= 11 is 0. The van der Waals surface area contributed by atoms with Gasteiger partial charge in [-0.05, 0) is 43.2 Å². The number of hydrogen-bond donors (Lipinski definition) is 2. The molecule has 0 saturated carbocycles. The van der Waals surface area contributed by atoms with Gasteiger partial charge in [0.1, 0.15) is 0 Å². The summed E-state index contributed by atoms with van der Waals surface area (Å²) in [6, 6.07) is 6.97. The number of carbonyl (C=O) groups excluding carboxylic acids is 2. The molecular weight excluding hydrogens is 288 g/mol. The van der Waals surface area contributed by atoms with Gasteiger partial charge < -0.3 is 10.6 Å². The second-order valence-corrected chi connectivity index (χ2v) is 4.70. The predicted octanol–water partition coefficient (Wildman–Crippen LogP) is 4.22. The van der Waals surface area contributed by atoms with Gasteiger partial charge in [-0.25, -0.2) is 0 Å². The minimum atomic E-state index is -0.136. The number of carbonyl (C=O) groups is 2. The molecule has 2 N–H and O–H groups in total. The zero-order chi connectivity index (χ0) is 17.1. The summed E-state index contributed by atoms with van der Waals surface area (Å²) < 4.78 is 0. The van der Waals surface area contributed by atoms with E-state index in [9.17, 15) is 9.59 Å². The number of amides is 2. The summed E-state index contributed by atoms with van der Waals surface area (Å²) in [6.45, 7) is 7.67. The fraction of sp³-hybridized carbons (Fsp3) is 0.158. The van der Waals surface area contributed by atoms with Crippen molar-refractivity contribution in [2.45, 2.75) is 20.3 Å². The van der Waals surface area contributed by atoms with E-state index >= 15 is 0 Å². The van der Waals surface area contributed by atoms with Crippen molar-refractivity contribution in [2.75, 3.05) is 10.6 Å². The first kappa shape index (κ1) is 18.2. The molecule has 0 aromatic heterocycles. The smallest absolute Gasteiger partial charge is 0.228 e. The van der Waals surface area contributed by atoms with Gasteiger partial charge in [0.25, 0.3) is 0 Å². The van der Waals surface area contributed by atoms with Gasteiger partial charge in [-0.15, -0.1) is 0 Å². The van der Waals surface area contributed by atoms with E-state index < -0.39 is 0 Å². The Hall–Kier alpha value is -2.88. The lowest BCUT2D eigenvalue weighted by Gasteiger charge is -2.07. The van der Waals surface area contributed by atoms with Crippen LogP contribution in [-0.4, -0.2) is 12.3 Å². The maximum absolute atomic E-state index is 12.1. The average Bonchev–Trinajstić information content (AvgIpc) is 2.55. The maximum atomic E-state index is 12.1. The van der Waals surface area contributed by atoms with Crippen molar-refractivity contribution in [3.05, 3.63) is 72.4 Å². The first-order valence-corrected chi connectivity index (χ1v) is 7.36. The molecule has 4 heteroatoms. The number of hydrogen-bond acceptors (Lipinski definition) is 2. The fourth-order valence-electron chi connectivity index (χ4n) is 2.03. The summed E-state index contributed by atoms with van der Waals surface area (Å²) in [5.41, 5.74) is 3.20. The third-order valence-electron chi connectivity index (χ3n) is 3.09. The van der Waals surface area contributed by atoms with Crippen molar-refractivity contribution in [3.8, 4) is 0 Å². The molecule has 0 heterocycles. The van der Waals surface area contributed by atoms with Crippen molar-refractivity contribution in [3.63, 3.8) is 0 Å². The number of benzene rings is 1. The highest BCUT2D eigenvalue weighted by molar-refractivity contribution is 5.92. The SMILES string of the molecule is C=CC(=C/CC(=O)Nc1cccc(NC=O)c1)/C(/C=C\C)=C\C. The van der Waals surface area contributed by atoms with Gasteiger partial charge >= 0.3 is 0 Å². The van der Waals surface area contributed by atoms with Crippen molar-refractivity contribution < 1.29 is 9.59 Å². The van der Waals surface area contributed by atoms with Crippen molar-refractivity contribution >= 4 is 23.7 Å². The summed E-state index contributed by atoms with van der Waals surface area (Å²) in [5, 5.41) is 5.34. The molecule has 0 aliphatic rings. The molecule has 0 fully saturated rings. The van der Waals surface area contributed by atoms with Crippen LogP contribution in [0.1, 0.15) is 20.3 Å². The van der Waals surface area contributed by atoms with Crippen LogP contribution in [0.4, 0.5) is 11.4 Å². The summed E-state index contributed by atoms with van der Waals surface area (Å²) in [5.74, 6) is -0.136. The maximum Gasteiger partial charge on any atom is 0.228 e. The van der Waals surface area contributed by atoms with E-state index in [2.05, 4.69) is 17.2 Å². The van der Waals surface area contributed by atoms with Gasteiger partial charge in [-0.2, -0.15) is 0 Å². The highest BCUT2D eigenvalue weighted by Gasteiger charge is 2.03. The van der Waals surface area contributed by atoms with E-state index in [1.807, 2.05) is 38.2 Å². The third kappa shape index (κ3) is 6.18. The molecule has 0 unspecified atom stereocenters. The van der Waals surface area contributed by atoms with Gasteiger partial charge in [0, 0.05) is 17.8 Å². The third-order valence-corrected chi connectivity index (χ3v) is 3.09. The molecule has 0 bridgehead atoms. The van der Waals surface area contributed by atoms with Gasteiger partial charge in [0.15, 0.2) is 0 Å². The molecule has 120 valence electrons. The molecule has 1 rings (SSSR count). The van der Waals surface area contributed by atoms with Crippen LogP contribution in [0.25, 0.3) is 0 Å². The quantitative estimate of drug-likeness (QED) is 0.558. The molecule has 0 atom stereocenters. The normalized spacial score (nSPS) is 12.1. The van der Waals surface area contributed by atoms with E-state index in [0.717, 1.165) is 11.1 Å². The van der Waals surface area contributed by atoms with Crippen LogP contribution in [0.5, 0.6) is 0 Å². The van der Waals surface area contributed by atoms with E-state index in [4.69, 9.17) is 0 Å². The lowest BCUT2D eigenvalue weighted by molar-refractivity contribution is -0.115. The average molecular weight is 310 g/mol. The lowest BCUT2D eigenvalue weighted by atomic mass is 10.0. The first-order chi connectivity index (χ1) is 11.1. The Morgan fingerprint density at radius 2 is 1.96 bits per heavy atom. The predicted molar refractivity (Wildman–Crippen MR) is 96.2 cm³/mol. The Labute approximate surface area is 137 Å². The monoisotopic (exact) mass is 310 g/mol. The van der Waals surface area contributed by atoms with Crippen molar-refractivity contribution in [1.29, 1.82) is 0 Å². The number of anilines is 2. The molecule has 0 aliphatic carbocycles. The van der Waals surface area contributed by atoms with Crippen LogP contribution in [0, 0.1) is 0 Å². The number of rotatable bonds is 8. The molecule has 2 amide bonds. The molecule has 0 spiro atoms. The highest BCUT2D eigenvalue weighted by Crippen LogP contribution is 2.16. The lowest BCUT2D eigenvalue weighted by Crippen LogP contribution is -2.10. The Morgan fingerprint density at radius 1 is 1.22 bits per heavy atom. The standard InChI is InChI=1S/C19H22N2O2/c1-4-8-15(5-2)16(6-3)11-12-19(23)21-18-10-7-9-17(13-18)20-14-22/h4-11,13-14H,3,12H2,1-2H3,(H,20,22)(H,21,23)/b8-4-,15-5-,16-11-. The van der Waals surface area contributed by atoms with E-state index in [0.29, 0.717) is 17.8 Å². The Balaban J connectivity index is 2.75. The van der Waals surface area contributed by atoms with Gasteiger partial charge in [0.05, 0.1) is 0 Å². The zero-order valence-electron chi connectivity index (χ0n) is 13.5. The summed E-state index contributed by atoms with van der Waals surface area (Å²) in [6.07, 6.45) is 10.3. The largest absolute Gasteiger partial charge is 0.329 e. The minimum Gasteiger partial charge on any atom is -0.329 e. The topological polar surface area (TPSA) is 58.2 Å². The van der Waals surface area contributed by atoms with Gasteiger partial charge in [-0.1, -0.05) is 43.0 Å². The Kier molecular flexibility index (Phi) is 7.86. The van der Waals surface area contributed by atoms with Crippen LogP contribution in [-0.2, 0) is 9.59 Å². The summed E-state index contributed by atoms with van der Waals surface area (Å²) in [4.78, 5) is 22.5. The van der Waals surface area contributed by atoms with Gasteiger partial charge in [-0.3, -0.25) is 9.59 Å². The van der Waals surface area contributed by atoms with E-state index in [-0.39, 0.29) is 12.3 Å². The summed E-state index contributed by atoms with van der Waals surface area (Å²) in [7, 11) is 0. The molecule has 23 heavy (non-hydrogen) atoms. The second kappa shape index (κ2) is 9.95. The van der Waals surface area contributed by atoms with Gasteiger partial charge in [0.2, 0.25) is 12.3 Å². The molecule has 0 radical (unpaired) electrons. The van der Waals surface area contributed by atoms with E-state index in [1.165, 1.54) is 0 Å². The number of allylic oxidation sites excluding steroid dienone is 6. The van der Waals surface area contributed by atoms with Crippen LogP contribution in [0.2, 0.25) is 0 Å². The zero-order valence-corrected chi connectivity index (χ0v) is 13.5. The minimum absolute atomic E-state index is 0.136. The van der Waals surface area contributed by atoms with Crippen LogP contribution < -0.4 is 10.6 Å². The van der Waals surface area contributed by atoms with Crippen molar-refractivity contribution in [1.82, 2.24) is 0 Å². The molecule has 0 saturated heterocycles. The number of nitrogens with one attached hydrogen (secondary N) is 2. The highest BCUT2D eigenvalue weighted by atomic mass is 16.1.